The molecular weight excluding hydrogens is 254 g/mol. The van der Waals surface area contributed by atoms with Gasteiger partial charge in [0.15, 0.2) is 5.96 Å². The van der Waals surface area contributed by atoms with Gasteiger partial charge in [-0.1, -0.05) is 30.3 Å². The lowest BCUT2D eigenvalue weighted by Gasteiger charge is -2.18. The molecular formula is C15H23N3O2. The first-order valence-electron chi connectivity index (χ1n) is 6.84. The van der Waals surface area contributed by atoms with Gasteiger partial charge in [-0.15, -0.1) is 0 Å². The van der Waals surface area contributed by atoms with Crippen LogP contribution in [0.2, 0.25) is 0 Å². The van der Waals surface area contributed by atoms with Crippen LogP contribution in [-0.4, -0.2) is 32.1 Å². The SMILES string of the molecule is CCNC(=NCCC(=O)OC)NC(C)c1ccccc1. The van der Waals surface area contributed by atoms with Crippen molar-refractivity contribution in [3.8, 4) is 0 Å². The second-order valence-corrected chi connectivity index (χ2v) is 4.36. The molecule has 0 bridgehead atoms. The van der Waals surface area contributed by atoms with Gasteiger partial charge in [0.05, 0.1) is 26.1 Å². The third-order valence-corrected chi connectivity index (χ3v) is 2.81. The molecule has 0 saturated heterocycles. The maximum atomic E-state index is 11.1. The molecule has 0 radical (unpaired) electrons. The summed E-state index contributed by atoms with van der Waals surface area (Å²) in [5.74, 6) is 0.452. The lowest BCUT2D eigenvalue weighted by atomic mass is 10.1. The molecule has 1 atom stereocenters. The molecule has 20 heavy (non-hydrogen) atoms. The van der Waals surface area contributed by atoms with Crippen molar-refractivity contribution < 1.29 is 9.53 Å². The highest BCUT2D eigenvalue weighted by Crippen LogP contribution is 2.10. The molecule has 1 rings (SSSR count). The summed E-state index contributed by atoms with van der Waals surface area (Å²) in [5, 5.41) is 6.47. The van der Waals surface area contributed by atoms with Crippen LogP contribution in [0.1, 0.15) is 31.9 Å². The highest BCUT2D eigenvalue weighted by Gasteiger charge is 2.07. The molecule has 1 aromatic rings. The number of nitrogens with one attached hydrogen (secondary N) is 2. The van der Waals surface area contributed by atoms with Crippen molar-refractivity contribution in [1.29, 1.82) is 0 Å². The fraction of sp³-hybridized carbons (Fsp3) is 0.467. The van der Waals surface area contributed by atoms with Gasteiger partial charge in [0, 0.05) is 6.54 Å². The van der Waals surface area contributed by atoms with E-state index in [1.54, 1.807) is 0 Å². The molecule has 0 saturated carbocycles. The Balaban J connectivity index is 2.57. The topological polar surface area (TPSA) is 62.7 Å². The number of aliphatic imine (C=N–C) groups is 1. The molecule has 0 aliphatic heterocycles. The van der Waals surface area contributed by atoms with E-state index in [0.717, 1.165) is 6.54 Å². The van der Waals surface area contributed by atoms with E-state index in [0.29, 0.717) is 12.5 Å². The number of hydrogen-bond acceptors (Lipinski definition) is 3. The quantitative estimate of drug-likeness (QED) is 0.473. The normalized spacial score (nSPS) is 12.7. The average Bonchev–Trinajstić information content (AvgIpc) is 2.48. The monoisotopic (exact) mass is 277 g/mol. The Kier molecular flexibility index (Phi) is 7.17. The Morgan fingerprint density at radius 2 is 2.05 bits per heavy atom. The molecule has 1 unspecified atom stereocenters. The van der Waals surface area contributed by atoms with E-state index >= 15 is 0 Å². The molecule has 0 aromatic heterocycles. The number of carbonyl (C=O) groups is 1. The summed E-state index contributed by atoms with van der Waals surface area (Å²) in [6.07, 6.45) is 0.285. The number of ether oxygens (including phenoxy) is 1. The Hall–Kier alpha value is -2.04. The van der Waals surface area contributed by atoms with Crippen LogP contribution in [0, 0.1) is 0 Å². The Labute approximate surface area is 120 Å². The van der Waals surface area contributed by atoms with Gasteiger partial charge in [-0.3, -0.25) is 9.79 Å². The summed E-state index contributed by atoms with van der Waals surface area (Å²) >= 11 is 0. The van der Waals surface area contributed by atoms with E-state index in [4.69, 9.17) is 0 Å². The highest BCUT2D eigenvalue weighted by molar-refractivity contribution is 5.80. The number of benzene rings is 1. The molecule has 2 N–H and O–H groups in total. The first-order chi connectivity index (χ1) is 9.67. The predicted octanol–water partition coefficient (Wildman–Crippen LogP) is 1.87. The third kappa shape index (κ3) is 5.73. The first kappa shape index (κ1) is 16.0. The van der Waals surface area contributed by atoms with Gasteiger partial charge in [0.1, 0.15) is 0 Å². The molecule has 0 amide bonds. The Bertz CT molecular complexity index is 432. The molecule has 5 heteroatoms. The van der Waals surface area contributed by atoms with Gasteiger partial charge in [0.25, 0.3) is 0 Å². The van der Waals surface area contributed by atoms with Crippen molar-refractivity contribution in [2.24, 2.45) is 4.99 Å². The number of hydrogen-bond donors (Lipinski definition) is 2. The second-order valence-electron chi connectivity index (χ2n) is 4.36. The van der Waals surface area contributed by atoms with E-state index in [2.05, 4.69) is 39.4 Å². The molecule has 1 aromatic carbocycles. The first-order valence-corrected chi connectivity index (χ1v) is 6.84. The molecule has 5 nitrogen and oxygen atoms in total. The summed E-state index contributed by atoms with van der Waals surface area (Å²) in [5.41, 5.74) is 1.19. The summed E-state index contributed by atoms with van der Waals surface area (Å²) < 4.78 is 4.59. The molecule has 0 fully saturated rings. The number of guanidine groups is 1. The standard InChI is InChI=1S/C15H23N3O2/c1-4-16-15(17-11-10-14(19)20-3)18-12(2)13-8-6-5-7-9-13/h5-9,12H,4,10-11H2,1-3H3,(H2,16,17,18). The van der Waals surface area contributed by atoms with Crippen molar-refractivity contribution in [2.45, 2.75) is 26.3 Å². The van der Waals surface area contributed by atoms with Gasteiger partial charge < -0.3 is 15.4 Å². The van der Waals surface area contributed by atoms with E-state index < -0.39 is 0 Å². The molecule has 0 heterocycles. The van der Waals surface area contributed by atoms with Gasteiger partial charge in [0.2, 0.25) is 0 Å². The van der Waals surface area contributed by atoms with Crippen molar-refractivity contribution in [3.63, 3.8) is 0 Å². The largest absolute Gasteiger partial charge is 0.469 e. The number of methoxy groups -OCH3 is 1. The third-order valence-electron chi connectivity index (χ3n) is 2.81. The van der Waals surface area contributed by atoms with Crippen LogP contribution >= 0.6 is 0 Å². The van der Waals surface area contributed by atoms with Crippen LogP contribution in [0.25, 0.3) is 0 Å². The predicted molar refractivity (Wildman–Crippen MR) is 80.6 cm³/mol. The minimum Gasteiger partial charge on any atom is -0.469 e. The second kappa shape index (κ2) is 8.96. The number of nitrogens with zero attached hydrogens (tertiary/aromatic N) is 1. The number of esters is 1. The average molecular weight is 277 g/mol. The molecule has 110 valence electrons. The van der Waals surface area contributed by atoms with Crippen LogP contribution in [0.4, 0.5) is 0 Å². The minimum atomic E-state index is -0.249. The smallest absolute Gasteiger partial charge is 0.307 e. The summed E-state index contributed by atoms with van der Waals surface area (Å²) in [6, 6.07) is 10.3. The van der Waals surface area contributed by atoms with Crippen molar-refractivity contribution in [1.82, 2.24) is 10.6 Å². The van der Waals surface area contributed by atoms with E-state index in [-0.39, 0.29) is 18.4 Å². The lowest BCUT2D eigenvalue weighted by Crippen LogP contribution is -2.38. The molecule has 0 spiro atoms. The summed E-state index contributed by atoms with van der Waals surface area (Å²) in [6.45, 7) is 5.25. The fourth-order valence-corrected chi connectivity index (χ4v) is 1.71. The Morgan fingerprint density at radius 1 is 1.35 bits per heavy atom. The lowest BCUT2D eigenvalue weighted by molar-refractivity contribution is -0.140. The van der Waals surface area contributed by atoms with Crippen molar-refractivity contribution in [3.05, 3.63) is 35.9 Å². The zero-order chi connectivity index (χ0) is 14.8. The van der Waals surface area contributed by atoms with Crippen molar-refractivity contribution in [2.75, 3.05) is 20.2 Å². The van der Waals surface area contributed by atoms with Gasteiger partial charge in [-0.05, 0) is 19.4 Å². The summed E-state index contributed by atoms with van der Waals surface area (Å²) in [7, 11) is 1.38. The highest BCUT2D eigenvalue weighted by atomic mass is 16.5. The zero-order valence-electron chi connectivity index (χ0n) is 12.3. The van der Waals surface area contributed by atoms with Gasteiger partial charge in [-0.25, -0.2) is 0 Å². The molecule has 0 aliphatic rings. The van der Waals surface area contributed by atoms with Crippen LogP contribution in [0.3, 0.4) is 0 Å². The minimum absolute atomic E-state index is 0.145. The van der Waals surface area contributed by atoms with E-state index in [1.807, 2.05) is 25.1 Å². The van der Waals surface area contributed by atoms with E-state index in [9.17, 15) is 4.79 Å². The van der Waals surface area contributed by atoms with E-state index in [1.165, 1.54) is 12.7 Å². The van der Waals surface area contributed by atoms with Gasteiger partial charge in [-0.2, -0.15) is 0 Å². The van der Waals surface area contributed by atoms with Crippen LogP contribution < -0.4 is 10.6 Å². The van der Waals surface area contributed by atoms with Crippen molar-refractivity contribution >= 4 is 11.9 Å². The van der Waals surface area contributed by atoms with Gasteiger partial charge >= 0.3 is 5.97 Å². The number of carbonyl (C=O) groups excluding carboxylic acids is 1. The van der Waals surface area contributed by atoms with Crippen LogP contribution in [0.5, 0.6) is 0 Å². The van der Waals surface area contributed by atoms with Crippen LogP contribution in [0.15, 0.2) is 35.3 Å². The maximum absolute atomic E-state index is 11.1. The Morgan fingerprint density at radius 3 is 2.65 bits per heavy atom. The fourth-order valence-electron chi connectivity index (χ4n) is 1.71. The summed E-state index contributed by atoms with van der Waals surface area (Å²) in [4.78, 5) is 15.4. The number of rotatable bonds is 6. The molecule has 0 aliphatic carbocycles. The maximum Gasteiger partial charge on any atom is 0.307 e. The zero-order valence-corrected chi connectivity index (χ0v) is 12.3. The van der Waals surface area contributed by atoms with Crippen LogP contribution in [-0.2, 0) is 9.53 Å².